The second-order valence-corrected chi connectivity index (χ2v) is 7.56. The Balaban J connectivity index is 1.90. The molecule has 1 N–H and O–H groups in total. The molecule has 0 bridgehead atoms. The number of ketones is 1. The van der Waals surface area contributed by atoms with E-state index in [2.05, 4.69) is 15.2 Å². The smallest absolute Gasteiger partial charge is 0.187 e. The summed E-state index contributed by atoms with van der Waals surface area (Å²) < 4.78 is 1.03. The normalized spacial score (nSPS) is 18.6. The average molecular weight is 315 g/mol. The van der Waals surface area contributed by atoms with Gasteiger partial charge in [0.25, 0.3) is 0 Å². The van der Waals surface area contributed by atoms with Crippen molar-refractivity contribution in [3.63, 3.8) is 0 Å². The van der Waals surface area contributed by atoms with Crippen molar-refractivity contribution >= 4 is 33.0 Å². The van der Waals surface area contributed by atoms with Crippen molar-refractivity contribution in [1.29, 1.82) is 0 Å². The summed E-state index contributed by atoms with van der Waals surface area (Å²) in [6, 6.07) is 5.57. The zero-order valence-corrected chi connectivity index (χ0v) is 13.6. The number of thiazole rings is 1. The summed E-state index contributed by atoms with van der Waals surface area (Å²) in [7, 11) is 0. The van der Waals surface area contributed by atoms with Crippen molar-refractivity contribution in [1.82, 2.24) is 4.98 Å². The summed E-state index contributed by atoms with van der Waals surface area (Å²) in [5.74, 6) is -0.132. The van der Waals surface area contributed by atoms with Gasteiger partial charge in [0, 0.05) is 12.8 Å². The highest BCUT2D eigenvalue weighted by atomic mass is 32.1. The lowest BCUT2D eigenvalue weighted by Crippen LogP contribution is -2.25. The minimum Gasteiger partial charge on any atom is -0.510 e. The van der Waals surface area contributed by atoms with Gasteiger partial charge < -0.3 is 5.11 Å². The summed E-state index contributed by atoms with van der Waals surface area (Å²) in [5.41, 5.74) is 1.44. The van der Waals surface area contributed by atoms with Gasteiger partial charge in [-0.2, -0.15) is 5.11 Å². The van der Waals surface area contributed by atoms with E-state index in [0.717, 1.165) is 15.2 Å². The quantitative estimate of drug-likeness (QED) is 0.805. The molecule has 0 spiro atoms. The van der Waals surface area contributed by atoms with E-state index in [0.29, 0.717) is 18.5 Å². The zero-order valence-electron chi connectivity index (χ0n) is 12.8. The molecule has 0 radical (unpaired) electrons. The highest BCUT2D eigenvalue weighted by Gasteiger charge is 2.33. The molecule has 5 nitrogen and oxygen atoms in total. The highest BCUT2D eigenvalue weighted by Crippen LogP contribution is 2.36. The number of fused-ring (bicyclic) bond motifs is 1. The molecule has 1 aliphatic rings. The van der Waals surface area contributed by atoms with Crippen LogP contribution in [0.2, 0.25) is 0 Å². The number of azo groups is 1. The van der Waals surface area contributed by atoms with E-state index in [-0.39, 0.29) is 22.7 Å². The van der Waals surface area contributed by atoms with Crippen molar-refractivity contribution in [3.05, 3.63) is 34.7 Å². The topological polar surface area (TPSA) is 74.9 Å². The lowest BCUT2D eigenvalue weighted by molar-refractivity contribution is -0.118. The first kappa shape index (κ1) is 14.8. The Labute approximate surface area is 132 Å². The van der Waals surface area contributed by atoms with Gasteiger partial charge in [0.2, 0.25) is 0 Å². The van der Waals surface area contributed by atoms with E-state index < -0.39 is 0 Å². The Morgan fingerprint density at radius 2 is 2.05 bits per heavy atom. The monoisotopic (exact) mass is 315 g/mol. The fourth-order valence-corrected chi connectivity index (χ4v) is 3.45. The first-order valence-corrected chi connectivity index (χ1v) is 7.90. The lowest BCUT2D eigenvalue weighted by Gasteiger charge is -2.27. The third-order valence-corrected chi connectivity index (χ3v) is 4.50. The molecular formula is C16H17N3O2S. The van der Waals surface area contributed by atoms with Crippen LogP contribution in [-0.2, 0) is 4.79 Å². The number of Topliss-reactive ketones (excluding diaryl/α,β-unsaturated/α-hetero) is 1. The number of nitrogens with zero attached hydrogens (tertiary/aromatic N) is 3. The van der Waals surface area contributed by atoms with Crippen LogP contribution in [0, 0.1) is 12.3 Å². The van der Waals surface area contributed by atoms with Crippen molar-refractivity contribution in [2.45, 2.75) is 33.6 Å². The van der Waals surface area contributed by atoms with Gasteiger partial charge >= 0.3 is 0 Å². The van der Waals surface area contributed by atoms with Crippen LogP contribution in [0.1, 0.15) is 31.7 Å². The molecule has 0 amide bonds. The maximum atomic E-state index is 12.1. The Kier molecular flexibility index (Phi) is 3.56. The van der Waals surface area contributed by atoms with Crippen LogP contribution in [0.3, 0.4) is 0 Å². The van der Waals surface area contributed by atoms with E-state index in [1.165, 1.54) is 0 Å². The Morgan fingerprint density at radius 3 is 2.77 bits per heavy atom. The van der Waals surface area contributed by atoms with Gasteiger partial charge in [-0.25, -0.2) is 4.98 Å². The van der Waals surface area contributed by atoms with Gasteiger partial charge in [-0.15, -0.1) is 16.5 Å². The van der Waals surface area contributed by atoms with Crippen LogP contribution in [0.4, 0.5) is 5.69 Å². The van der Waals surface area contributed by atoms with Gasteiger partial charge in [0.05, 0.1) is 20.9 Å². The molecule has 1 aromatic carbocycles. The average Bonchev–Trinajstić information content (AvgIpc) is 2.75. The molecular weight excluding hydrogens is 298 g/mol. The van der Waals surface area contributed by atoms with Crippen LogP contribution >= 0.6 is 11.3 Å². The SMILES string of the molecule is Cc1nc2ccc(N=NC3=C(O)CC(C)(C)CC3=O)cc2s1. The van der Waals surface area contributed by atoms with E-state index >= 15 is 0 Å². The third kappa shape index (κ3) is 2.92. The number of aryl methyl sites for hydroxylation is 1. The predicted molar refractivity (Wildman–Crippen MR) is 86.5 cm³/mol. The van der Waals surface area contributed by atoms with Crippen LogP contribution in [-0.4, -0.2) is 15.9 Å². The maximum absolute atomic E-state index is 12.1. The molecule has 2 aromatic rings. The number of carbonyl (C=O) groups is 1. The van der Waals surface area contributed by atoms with Gasteiger partial charge in [0.1, 0.15) is 5.76 Å². The number of aliphatic hydroxyl groups is 1. The van der Waals surface area contributed by atoms with Crippen LogP contribution in [0.15, 0.2) is 39.9 Å². The second-order valence-electron chi connectivity index (χ2n) is 6.32. The number of aliphatic hydroxyl groups excluding tert-OH is 1. The summed E-state index contributed by atoms with van der Waals surface area (Å²) in [6.07, 6.45) is 0.818. The Hall–Kier alpha value is -2.08. The fourth-order valence-electron chi connectivity index (χ4n) is 2.59. The van der Waals surface area contributed by atoms with Gasteiger partial charge in [0.15, 0.2) is 11.5 Å². The zero-order chi connectivity index (χ0) is 15.9. The van der Waals surface area contributed by atoms with Gasteiger partial charge in [-0.05, 0) is 30.5 Å². The van der Waals surface area contributed by atoms with E-state index in [9.17, 15) is 9.90 Å². The number of aromatic nitrogens is 1. The Bertz CT molecular complexity index is 818. The first-order valence-electron chi connectivity index (χ1n) is 7.08. The fraction of sp³-hybridized carbons (Fsp3) is 0.375. The molecule has 3 rings (SSSR count). The van der Waals surface area contributed by atoms with Crippen molar-refractivity contribution in [3.8, 4) is 0 Å². The molecule has 1 aromatic heterocycles. The van der Waals surface area contributed by atoms with E-state index in [4.69, 9.17) is 0 Å². The molecule has 1 heterocycles. The first-order chi connectivity index (χ1) is 10.3. The summed E-state index contributed by atoms with van der Waals surface area (Å²) in [4.78, 5) is 16.5. The van der Waals surface area contributed by atoms with E-state index in [1.54, 1.807) is 17.4 Å². The van der Waals surface area contributed by atoms with Gasteiger partial charge in [-0.1, -0.05) is 13.8 Å². The number of hydrogen-bond donors (Lipinski definition) is 1. The molecule has 1 aliphatic carbocycles. The highest BCUT2D eigenvalue weighted by molar-refractivity contribution is 7.18. The molecule has 0 aliphatic heterocycles. The minimum absolute atomic E-state index is 0.0275. The minimum atomic E-state index is -0.223. The second kappa shape index (κ2) is 5.28. The standard InChI is InChI=1S/C16H17N3O2S/c1-9-17-11-5-4-10(6-14(11)22-9)18-19-15-12(20)7-16(2,3)8-13(15)21/h4-6,20H,7-8H2,1-3H3. The van der Waals surface area contributed by atoms with E-state index in [1.807, 2.05) is 32.9 Å². The van der Waals surface area contributed by atoms with Crippen LogP contribution in [0.5, 0.6) is 0 Å². The molecule has 0 saturated heterocycles. The molecule has 22 heavy (non-hydrogen) atoms. The van der Waals surface area contributed by atoms with Crippen molar-refractivity contribution in [2.24, 2.45) is 15.6 Å². The number of benzene rings is 1. The molecule has 114 valence electrons. The van der Waals surface area contributed by atoms with Crippen molar-refractivity contribution in [2.75, 3.05) is 0 Å². The molecule has 6 heteroatoms. The number of allylic oxidation sites excluding steroid dienone is 2. The number of rotatable bonds is 2. The lowest BCUT2D eigenvalue weighted by atomic mass is 9.78. The number of carbonyl (C=O) groups excluding carboxylic acids is 1. The maximum Gasteiger partial charge on any atom is 0.187 e. The summed E-state index contributed by atoms with van der Waals surface area (Å²) >= 11 is 1.59. The molecule has 0 unspecified atom stereocenters. The van der Waals surface area contributed by atoms with Gasteiger partial charge in [-0.3, -0.25) is 4.79 Å². The number of hydrogen-bond acceptors (Lipinski definition) is 6. The summed E-state index contributed by atoms with van der Waals surface area (Å²) in [6.45, 7) is 5.86. The molecule has 0 fully saturated rings. The largest absolute Gasteiger partial charge is 0.510 e. The summed E-state index contributed by atoms with van der Waals surface area (Å²) in [5, 5.41) is 19.1. The van der Waals surface area contributed by atoms with Crippen molar-refractivity contribution < 1.29 is 9.90 Å². The van der Waals surface area contributed by atoms with Crippen LogP contribution in [0.25, 0.3) is 10.2 Å². The predicted octanol–water partition coefficient (Wildman–Crippen LogP) is 4.85. The third-order valence-electron chi connectivity index (χ3n) is 3.57. The van der Waals surface area contributed by atoms with Crippen LogP contribution < -0.4 is 0 Å². The Morgan fingerprint density at radius 1 is 1.27 bits per heavy atom. The molecule has 0 saturated carbocycles. The molecule has 0 atom stereocenters.